The molecule has 6 nitrogen and oxygen atoms in total. The zero-order valence-electron chi connectivity index (χ0n) is 14.9. The molecule has 2 aliphatic rings. The maximum atomic E-state index is 12.8. The molecule has 0 radical (unpaired) electrons. The van der Waals surface area contributed by atoms with Gasteiger partial charge in [-0.05, 0) is 50.3 Å². The number of carbonyl (C=O) groups excluding carboxylic acids is 2. The number of hydrazone groups is 1. The van der Waals surface area contributed by atoms with Gasteiger partial charge in [0.1, 0.15) is 5.71 Å². The smallest absolute Gasteiger partial charge is 0.270 e. The molecular weight excluding hydrogens is 318 g/mol. The summed E-state index contributed by atoms with van der Waals surface area (Å²) in [6.07, 6.45) is 2.44. The fourth-order valence-corrected chi connectivity index (χ4v) is 3.31. The summed E-state index contributed by atoms with van der Waals surface area (Å²) in [5.41, 5.74) is 3.16. The van der Waals surface area contributed by atoms with Gasteiger partial charge in [0.2, 0.25) is 5.91 Å². The van der Waals surface area contributed by atoms with Gasteiger partial charge in [0, 0.05) is 25.9 Å². The predicted octanol–water partition coefficient (Wildman–Crippen LogP) is 2.16. The fraction of sp³-hybridized carbons (Fsp3) is 0.526. The molecule has 0 bridgehead atoms. The maximum Gasteiger partial charge on any atom is 0.270 e. The molecule has 0 unspecified atom stereocenters. The second-order valence-electron chi connectivity index (χ2n) is 6.92. The van der Waals surface area contributed by atoms with Crippen LogP contribution >= 0.6 is 0 Å². The number of aliphatic hydroxyl groups is 1. The Morgan fingerprint density at radius 1 is 1.20 bits per heavy atom. The molecule has 2 aliphatic heterocycles. The van der Waals surface area contributed by atoms with Crippen LogP contribution in [0.25, 0.3) is 0 Å². The highest BCUT2D eigenvalue weighted by Gasteiger charge is 2.29. The molecule has 1 fully saturated rings. The molecule has 0 spiro atoms. The maximum absolute atomic E-state index is 12.8. The number of hydrogen-bond donors (Lipinski definition) is 1. The van der Waals surface area contributed by atoms with Gasteiger partial charge in [-0.1, -0.05) is 12.1 Å². The molecule has 0 aliphatic carbocycles. The fourth-order valence-electron chi connectivity index (χ4n) is 3.31. The third kappa shape index (κ3) is 3.90. The SMILES string of the molecule is Cc1ccc(C)c(N2N=C(C(=O)N3CCC[C@@H](O)CC3)CCC2=O)c1. The minimum atomic E-state index is -0.334. The van der Waals surface area contributed by atoms with Crippen molar-refractivity contribution in [2.45, 2.75) is 52.1 Å². The summed E-state index contributed by atoms with van der Waals surface area (Å²) in [5, 5.41) is 15.5. The largest absolute Gasteiger partial charge is 0.393 e. The van der Waals surface area contributed by atoms with E-state index in [0.29, 0.717) is 31.6 Å². The van der Waals surface area contributed by atoms with Gasteiger partial charge in [-0.2, -0.15) is 5.10 Å². The first kappa shape index (κ1) is 17.6. The molecule has 1 atom stereocenters. The number of aliphatic hydroxyl groups excluding tert-OH is 1. The standard InChI is InChI=1S/C19H25N3O3/c1-13-5-6-14(2)17(12-13)22-18(24)8-7-16(20-22)19(25)21-10-3-4-15(23)9-11-21/h5-6,12,15,23H,3-4,7-11H2,1-2H3/t15-/m1/s1. The van der Waals surface area contributed by atoms with Gasteiger partial charge >= 0.3 is 0 Å². The third-order valence-corrected chi connectivity index (χ3v) is 4.86. The van der Waals surface area contributed by atoms with Crippen LogP contribution < -0.4 is 5.01 Å². The summed E-state index contributed by atoms with van der Waals surface area (Å²) in [5.74, 6) is -0.201. The van der Waals surface area contributed by atoms with Crippen LogP contribution in [0, 0.1) is 13.8 Å². The lowest BCUT2D eigenvalue weighted by Crippen LogP contribution is -2.42. The quantitative estimate of drug-likeness (QED) is 0.894. The van der Waals surface area contributed by atoms with E-state index in [4.69, 9.17) is 0 Å². The summed E-state index contributed by atoms with van der Waals surface area (Å²) in [6.45, 7) is 5.07. The predicted molar refractivity (Wildman–Crippen MR) is 96.5 cm³/mol. The van der Waals surface area contributed by atoms with Crippen LogP contribution in [0.15, 0.2) is 23.3 Å². The molecule has 1 saturated heterocycles. The van der Waals surface area contributed by atoms with Crippen LogP contribution in [0.1, 0.15) is 43.2 Å². The first-order valence-corrected chi connectivity index (χ1v) is 8.90. The van der Waals surface area contributed by atoms with Crippen molar-refractivity contribution in [3.63, 3.8) is 0 Å². The Bertz CT molecular complexity index is 714. The minimum absolute atomic E-state index is 0.0865. The Hall–Kier alpha value is -2.21. The van der Waals surface area contributed by atoms with Crippen molar-refractivity contribution in [3.05, 3.63) is 29.3 Å². The van der Waals surface area contributed by atoms with E-state index in [2.05, 4.69) is 5.10 Å². The molecule has 1 N–H and O–H groups in total. The number of hydrogen-bond acceptors (Lipinski definition) is 4. The van der Waals surface area contributed by atoms with Crippen molar-refractivity contribution in [1.82, 2.24) is 4.90 Å². The monoisotopic (exact) mass is 343 g/mol. The Morgan fingerprint density at radius 3 is 2.80 bits per heavy atom. The van der Waals surface area contributed by atoms with Crippen molar-refractivity contribution >= 4 is 23.2 Å². The van der Waals surface area contributed by atoms with Crippen LogP contribution in [0.5, 0.6) is 0 Å². The summed E-state index contributed by atoms with van der Waals surface area (Å²) < 4.78 is 0. The topological polar surface area (TPSA) is 73.2 Å². The van der Waals surface area contributed by atoms with E-state index in [1.807, 2.05) is 32.0 Å². The first-order valence-electron chi connectivity index (χ1n) is 8.90. The lowest BCUT2D eigenvalue weighted by atomic mass is 10.1. The summed E-state index contributed by atoms with van der Waals surface area (Å²) >= 11 is 0. The summed E-state index contributed by atoms with van der Waals surface area (Å²) in [6, 6.07) is 5.87. The van der Waals surface area contributed by atoms with Gasteiger partial charge in [0.25, 0.3) is 5.91 Å². The minimum Gasteiger partial charge on any atom is -0.393 e. The van der Waals surface area contributed by atoms with Crippen molar-refractivity contribution in [2.75, 3.05) is 18.1 Å². The van der Waals surface area contributed by atoms with Crippen molar-refractivity contribution in [2.24, 2.45) is 5.10 Å². The van der Waals surface area contributed by atoms with Gasteiger partial charge in [0.05, 0.1) is 11.8 Å². The van der Waals surface area contributed by atoms with Crippen molar-refractivity contribution < 1.29 is 14.7 Å². The van der Waals surface area contributed by atoms with E-state index in [-0.39, 0.29) is 24.3 Å². The number of nitrogens with zero attached hydrogens (tertiary/aromatic N) is 3. The van der Waals surface area contributed by atoms with E-state index in [0.717, 1.165) is 29.7 Å². The molecule has 2 heterocycles. The number of aryl methyl sites for hydroxylation is 2. The van der Waals surface area contributed by atoms with Crippen LogP contribution in [0.4, 0.5) is 5.69 Å². The molecule has 25 heavy (non-hydrogen) atoms. The Morgan fingerprint density at radius 2 is 2.00 bits per heavy atom. The van der Waals surface area contributed by atoms with Crippen LogP contribution in [-0.2, 0) is 9.59 Å². The highest BCUT2D eigenvalue weighted by Crippen LogP contribution is 2.26. The number of carbonyl (C=O) groups is 2. The Labute approximate surface area is 148 Å². The van der Waals surface area contributed by atoms with Crippen LogP contribution in [0.2, 0.25) is 0 Å². The molecule has 3 rings (SSSR count). The number of rotatable bonds is 2. The Balaban J connectivity index is 1.85. The average molecular weight is 343 g/mol. The zero-order chi connectivity index (χ0) is 18.0. The first-order chi connectivity index (χ1) is 12.0. The third-order valence-electron chi connectivity index (χ3n) is 4.86. The van der Waals surface area contributed by atoms with E-state index >= 15 is 0 Å². The molecule has 0 aromatic heterocycles. The van der Waals surface area contributed by atoms with E-state index < -0.39 is 0 Å². The van der Waals surface area contributed by atoms with E-state index in [9.17, 15) is 14.7 Å². The molecule has 2 amide bonds. The normalized spacial score (nSPS) is 21.8. The molecule has 1 aromatic rings. The Kier molecular flexibility index (Phi) is 5.18. The number of anilines is 1. The molecule has 1 aromatic carbocycles. The molecular formula is C19H25N3O3. The summed E-state index contributed by atoms with van der Waals surface area (Å²) in [4.78, 5) is 26.9. The van der Waals surface area contributed by atoms with Gasteiger partial charge in [-0.25, -0.2) is 5.01 Å². The lowest BCUT2D eigenvalue weighted by molar-refractivity contribution is -0.124. The highest BCUT2D eigenvalue weighted by molar-refractivity contribution is 6.40. The van der Waals surface area contributed by atoms with E-state index in [1.54, 1.807) is 4.90 Å². The second-order valence-corrected chi connectivity index (χ2v) is 6.92. The van der Waals surface area contributed by atoms with E-state index in [1.165, 1.54) is 5.01 Å². The summed E-state index contributed by atoms with van der Waals surface area (Å²) in [7, 11) is 0. The molecule has 134 valence electrons. The van der Waals surface area contributed by atoms with Gasteiger partial charge in [-0.3, -0.25) is 9.59 Å². The second kappa shape index (κ2) is 7.35. The van der Waals surface area contributed by atoms with Crippen molar-refractivity contribution in [1.29, 1.82) is 0 Å². The number of likely N-dealkylation sites (tertiary alicyclic amines) is 1. The number of benzene rings is 1. The van der Waals surface area contributed by atoms with Crippen molar-refractivity contribution in [3.8, 4) is 0 Å². The van der Waals surface area contributed by atoms with Gasteiger partial charge in [0.15, 0.2) is 0 Å². The average Bonchev–Trinajstić information content (AvgIpc) is 2.82. The zero-order valence-corrected chi connectivity index (χ0v) is 14.9. The molecule has 0 saturated carbocycles. The molecule has 6 heteroatoms. The van der Waals surface area contributed by atoms with Gasteiger partial charge in [-0.15, -0.1) is 0 Å². The lowest BCUT2D eigenvalue weighted by Gasteiger charge is -2.27. The highest BCUT2D eigenvalue weighted by atomic mass is 16.3. The van der Waals surface area contributed by atoms with Crippen LogP contribution in [-0.4, -0.2) is 46.7 Å². The van der Waals surface area contributed by atoms with Gasteiger partial charge < -0.3 is 10.0 Å². The van der Waals surface area contributed by atoms with Crippen LogP contribution in [0.3, 0.4) is 0 Å². The number of amides is 2.